The Morgan fingerprint density at radius 3 is 2.43 bits per heavy atom. The average molecular weight is 398 g/mol. The summed E-state index contributed by atoms with van der Waals surface area (Å²) in [5.74, 6) is 0.402. The molecule has 146 valence electrons. The van der Waals surface area contributed by atoms with Gasteiger partial charge < -0.3 is 5.32 Å². The zero-order valence-corrected chi connectivity index (χ0v) is 16.3. The minimum absolute atomic E-state index is 0.0902. The van der Waals surface area contributed by atoms with Crippen LogP contribution in [0.5, 0.6) is 0 Å². The molecule has 28 heavy (non-hydrogen) atoms. The van der Waals surface area contributed by atoms with Crippen molar-refractivity contribution in [3.05, 3.63) is 60.2 Å². The van der Waals surface area contributed by atoms with E-state index in [4.69, 9.17) is 0 Å². The third-order valence-electron chi connectivity index (χ3n) is 5.50. The molecule has 2 aliphatic rings. The number of aliphatic imine (C=N–C) groups is 1. The van der Waals surface area contributed by atoms with E-state index in [0.29, 0.717) is 24.5 Å². The van der Waals surface area contributed by atoms with Crippen molar-refractivity contribution < 1.29 is 13.2 Å². The van der Waals surface area contributed by atoms with Crippen LogP contribution >= 0.6 is 0 Å². The molecule has 1 aliphatic carbocycles. The van der Waals surface area contributed by atoms with Crippen LogP contribution in [0, 0.1) is 0 Å². The van der Waals surface area contributed by atoms with Gasteiger partial charge in [-0.05, 0) is 43.0 Å². The first kappa shape index (κ1) is 18.7. The third kappa shape index (κ3) is 3.54. The molecule has 0 spiro atoms. The van der Waals surface area contributed by atoms with Gasteiger partial charge in [0.05, 0.1) is 10.3 Å². The van der Waals surface area contributed by atoms with E-state index in [0.717, 1.165) is 31.2 Å². The summed E-state index contributed by atoms with van der Waals surface area (Å²) in [5.41, 5.74) is 0.944. The Balaban J connectivity index is 1.54. The summed E-state index contributed by atoms with van der Waals surface area (Å²) in [7, 11) is -3.71. The van der Waals surface area contributed by atoms with Crippen LogP contribution in [0.4, 0.5) is 5.69 Å². The first-order valence-corrected chi connectivity index (χ1v) is 11.0. The molecular weight excluding hydrogens is 374 g/mol. The summed E-state index contributed by atoms with van der Waals surface area (Å²) >= 11 is 0. The Bertz CT molecular complexity index is 1010. The van der Waals surface area contributed by atoms with Gasteiger partial charge in [0, 0.05) is 18.7 Å². The second-order valence-corrected chi connectivity index (χ2v) is 9.00. The molecule has 2 aromatic carbocycles. The van der Waals surface area contributed by atoms with Crippen molar-refractivity contribution in [2.45, 2.75) is 42.4 Å². The summed E-state index contributed by atoms with van der Waals surface area (Å²) in [5, 5.41) is 2.93. The van der Waals surface area contributed by atoms with E-state index in [1.54, 1.807) is 12.1 Å². The molecular formula is C21H23N3O3S. The minimum Gasteiger partial charge on any atom is -0.325 e. The second kappa shape index (κ2) is 7.39. The first-order valence-electron chi connectivity index (χ1n) is 9.53. The van der Waals surface area contributed by atoms with Gasteiger partial charge in [0.1, 0.15) is 5.84 Å². The number of nitrogens with one attached hydrogen (secondary N) is 2. The Kier molecular flexibility index (Phi) is 4.93. The summed E-state index contributed by atoms with van der Waals surface area (Å²) in [6.45, 7) is 0.648. The van der Waals surface area contributed by atoms with Gasteiger partial charge in [0.25, 0.3) is 10.0 Å². The van der Waals surface area contributed by atoms with Crippen LogP contribution in [0.15, 0.2) is 64.5 Å². The monoisotopic (exact) mass is 397 g/mol. The summed E-state index contributed by atoms with van der Waals surface area (Å²) in [4.78, 5) is 17.3. The fourth-order valence-electron chi connectivity index (χ4n) is 3.76. The zero-order valence-electron chi connectivity index (χ0n) is 15.5. The van der Waals surface area contributed by atoms with Crippen LogP contribution in [-0.4, -0.2) is 26.7 Å². The van der Waals surface area contributed by atoms with Crippen LogP contribution < -0.4 is 10.0 Å². The highest BCUT2D eigenvalue weighted by Gasteiger charge is 2.45. The fraction of sp³-hybridized carbons (Fsp3) is 0.333. The summed E-state index contributed by atoms with van der Waals surface area (Å²) < 4.78 is 27.8. The van der Waals surface area contributed by atoms with Crippen molar-refractivity contribution in [1.82, 2.24) is 4.72 Å². The van der Waals surface area contributed by atoms with E-state index in [1.807, 2.05) is 30.3 Å². The van der Waals surface area contributed by atoms with Crippen LogP contribution in [0.3, 0.4) is 0 Å². The van der Waals surface area contributed by atoms with E-state index in [9.17, 15) is 13.2 Å². The lowest BCUT2D eigenvalue weighted by Gasteiger charge is -2.40. The van der Waals surface area contributed by atoms with Gasteiger partial charge in [-0.3, -0.25) is 14.5 Å². The van der Waals surface area contributed by atoms with Gasteiger partial charge in [-0.1, -0.05) is 42.8 Å². The maximum absolute atomic E-state index is 13.1. The van der Waals surface area contributed by atoms with E-state index in [-0.39, 0.29) is 10.8 Å². The number of rotatable bonds is 5. The number of hydrogen-bond acceptors (Lipinski definition) is 4. The molecule has 0 aromatic heterocycles. The standard InChI is InChI=1S/C21H23N3O3S/c25-20(21(12-6-13-21)16-7-2-1-3-8-16)23-17-9-4-10-18(15-17)28(26,27)24-19-11-5-14-22-19/h1-4,7-10,15H,5-6,11-14H2,(H,22,24)(H,23,25). The highest BCUT2D eigenvalue weighted by atomic mass is 32.2. The van der Waals surface area contributed by atoms with Gasteiger partial charge in [0.2, 0.25) is 5.91 Å². The Labute approximate surface area is 165 Å². The van der Waals surface area contributed by atoms with E-state index in [1.165, 1.54) is 12.1 Å². The van der Waals surface area contributed by atoms with Crippen LogP contribution in [0.1, 0.15) is 37.7 Å². The summed E-state index contributed by atoms with van der Waals surface area (Å²) in [6.07, 6.45) is 4.08. The van der Waals surface area contributed by atoms with E-state index in [2.05, 4.69) is 15.0 Å². The number of carbonyl (C=O) groups excluding carboxylic acids is 1. The SMILES string of the molecule is O=C(Nc1cccc(S(=O)(=O)NC2=NCCC2)c1)C1(c2ccccc2)CCC1. The quantitative estimate of drug-likeness (QED) is 0.812. The number of benzene rings is 2. The van der Waals surface area contributed by atoms with Crippen LogP contribution in [0.2, 0.25) is 0 Å². The topological polar surface area (TPSA) is 87.6 Å². The maximum Gasteiger partial charge on any atom is 0.262 e. The van der Waals surface area contributed by atoms with Gasteiger partial charge in [-0.15, -0.1) is 0 Å². The lowest BCUT2D eigenvalue weighted by atomic mass is 9.64. The molecule has 1 fully saturated rings. The number of anilines is 1. The predicted molar refractivity (Wildman–Crippen MR) is 109 cm³/mol. The molecule has 4 rings (SSSR count). The Morgan fingerprint density at radius 2 is 1.79 bits per heavy atom. The molecule has 0 bridgehead atoms. The smallest absolute Gasteiger partial charge is 0.262 e. The molecule has 7 heteroatoms. The van der Waals surface area contributed by atoms with Crippen LogP contribution in [0.25, 0.3) is 0 Å². The molecule has 0 atom stereocenters. The predicted octanol–water partition coefficient (Wildman–Crippen LogP) is 3.22. The van der Waals surface area contributed by atoms with Gasteiger partial charge >= 0.3 is 0 Å². The van der Waals surface area contributed by atoms with Crippen molar-refractivity contribution in [1.29, 1.82) is 0 Å². The van der Waals surface area contributed by atoms with Crippen molar-refractivity contribution in [2.24, 2.45) is 4.99 Å². The van der Waals surface area contributed by atoms with Crippen molar-refractivity contribution in [3.8, 4) is 0 Å². The molecule has 0 unspecified atom stereocenters. The Hall–Kier alpha value is -2.67. The van der Waals surface area contributed by atoms with Crippen LogP contribution in [-0.2, 0) is 20.2 Å². The van der Waals surface area contributed by atoms with Crippen molar-refractivity contribution >= 4 is 27.5 Å². The fourth-order valence-corrected chi connectivity index (χ4v) is 4.90. The highest BCUT2D eigenvalue weighted by molar-refractivity contribution is 7.90. The first-order chi connectivity index (χ1) is 13.5. The van der Waals surface area contributed by atoms with Gasteiger partial charge in [-0.2, -0.15) is 0 Å². The lowest BCUT2D eigenvalue weighted by molar-refractivity contribution is -0.124. The summed E-state index contributed by atoms with van der Waals surface area (Å²) in [6, 6.07) is 16.1. The number of amides is 1. The maximum atomic E-state index is 13.1. The number of sulfonamides is 1. The normalized spacial score (nSPS) is 18.1. The number of hydrogen-bond donors (Lipinski definition) is 2. The number of amidine groups is 1. The second-order valence-electron chi connectivity index (χ2n) is 7.32. The van der Waals surface area contributed by atoms with E-state index >= 15 is 0 Å². The third-order valence-corrected chi connectivity index (χ3v) is 6.88. The van der Waals surface area contributed by atoms with Gasteiger partial charge in [0.15, 0.2) is 0 Å². The zero-order chi connectivity index (χ0) is 19.6. The molecule has 1 saturated carbocycles. The molecule has 0 saturated heterocycles. The Morgan fingerprint density at radius 1 is 1.00 bits per heavy atom. The van der Waals surface area contributed by atoms with Crippen molar-refractivity contribution in [3.63, 3.8) is 0 Å². The molecule has 1 aliphatic heterocycles. The molecule has 1 amide bonds. The lowest BCUT2D eigenvalue weighted by Crippen LogP contribution is -2.46. The molecule has 6 nitrogen and oxygen atoms in total. The number of nitrogens with zero attached hydrogens (tertiary/aromatic N) is 1. The highest BCUT2D eigenvalue weighted by Crippen LogP contribution is 2.44. The molecule has 2 N–H and O–H groups in total. The van der Waals surface area contributed by atoms with Gasteiger partial charge in [-0.25, -0.2) is 8.42 Å². The average Bonchev–Trinajstić information content (AvgIpc) is 3.14. The molecule has 0 radical (unpaired) electrons. The van der Waals surface area contributed by atoms with Crippen molar-refractivity contribution in [2.75, 3.05) is 11.9 Å². The largest absolute Gasteiger partial charge is 0.325 e. The minimum atomic E-state index is -3.71. The number of carbonyl (C=O) groups is 1. The van der Waals surface area contributed by atoms with E-state index < -0.39 is 15.4 Å². The molecule has 2 aromatic rings. The molecule has 1 heterocycles.